The number of carbonyl (C=O) groups is 1. The minimum atomic E-state index is -1.66. The molecule has 7 heteroatoms. The first-order valence-corrected chi connectivity index (χ1v) is 4.28. The number of carboxylic acid groups (broad SMARTS) is 1. The van der Waals surface area contributed by atoms with Crippen LogP contribution in [0.2, 0.25) is 0 Å². The second-order valence-corrected chi connectivity index (χ2v) is 6.38. The molecule has 0 amide bonds. The predicted molar refractivity (Wildman–Crippen MR) is 58.0 cm³/mol. The molecule has 0 saturated heterocycles. The number of hydrogen-bond donors (Lipinski definition) is 6. The van der Waals surface area contributed by atoms with Gasteiger partial charge in [0.25, 0.3) is 0 Å². The van der Waals surface area contributed by atoms with Crippen molar-refractivity contribution < 1.29 is 9.90 Å². The Kier molecular flexibility index (Phi) is 3.71. The summed E-state index contributed by atoms with van der Waals surface area (Å²) in [5.74, 6) is -1.24. The van der Waals surface area contributed by atoms with Crippen molar-refractivity contribution in [2.45, 2.75) is 7.49 Å². The highest BCUT2D eigenvalue weighted by atomic mass is 32.2. The lowest BCUT2D eigenvalue weighted by Gasteiger charge is -2.28. The fourth-order valence-corrected chi connectivity index (χ4v) is 0.430. The van der Waals surface area contributed by atoms with Crippen LogP contribution in [-0.2, 0) is 4.79 Å². The molecule has 0 atom stereocenters. The smallest absolute Gasteiger partial charge is 0.332 e. The van der Waals surface area contributed by atoms with E-state index in [1.807, 2.05) is 0 Å². The van der Waals surface area contributed by atoms with Gasteiger partial charge in [0, 0.05) is 0 Å². The van der Waals surface area contributed by atoms with E-state index in [0.29, 0.717) is 0 Å². The lowest BCUT2D eigenvalue weighted by atomic mass is 10.4. The fourth-order valence-electron chi connectivity index (χ4n) is 0.143. The van der Waals surface area contributed by atoms with Crippen molar-refractivity contribution in [1.29, 1.82) is 0 Å². The summed E-state index contributed by atoms with van der Waals surface area (Å²) < 4.78 is -3.03. The second kappa shape index (κ2) is 3.30. The Labute approximate surface area is 86.2 Å². The zero-order chi connectivity index (χ0) is 8.58. The Morgan fingerprint density at radius 1 is 1.10 bits per heavy atom. The topological polar surface area (TPSA) is 37.3 Å². The summed E-state index contributed by atoms with van der Waals surface area (Å²) in [5.41, 5.74) is 0. The molecule has 0 aromatic heterocycles. The molecule has 60 valence electrons. The molecule has 0 fully saturated rings. The Bertz CT molecular complexity index is 147. The van der Waals surface area contributed by atoms with Crippen LogP contribution in [0.1, 0.15) is 0 Å². The maximum absolute atomic E-state index is 10.4. The third-order valence-corrected chi connectivity index (χ3v) is 3.88. The van der Waals surface area contributed by atoms with Crippen LogP contribution in [0.4, 0.5) is 0 Å². The van der Waals surface area contributed by atoms with Gasteiger partial charge in [0.15, 0.2) is 4.08 Å². The van der Waals surface area contributed by atoms with Crippen LogP contribution in [0.15, 0.2) is 0 Å². The van der Waals surface area contributed by atoms with Gasteiger partial charge in [0.1, 0.15) is 3.41 Å². The monoisotopic (exact) mass is 234 g/mol. The molecule has 1 N–H and O–H groups in total. The second-order valence-electron chi connectivity index (χ2n) is 1.61. The Hall–Kier alpha value is 1.22. The van der Waals surface area contributed by atoms with Gasteiger partial charge in [-0.05, 0) is 0 Å². The van der Waals surface area contributed by atoms with Crippen LogP contribution >= 0.6 is 63.1 Å². The number of thiol groups is 5. The first-order chi connectivity index (χ1) is 4.19. The van der Waals surface area contributed by atoms with Crippen LogP contribution in [0.25, 0.3) is 0 Å². The normalized spacial score (nSPS) is 13.3. The van der Waals surface area contributed by atoms with Crippen LogP contribution < -0.4 is 0 Å². The van der Waals surface area contributed by atoms with E-state index in [0.717, 1.165) is 0 Å². The zero-order valence-corrected chi connectivity index (χ0v) is 9.06. The molecular formula is C3H6O2S5. The molecular weight excluding hydrogens is 228 g/mol. The number of rotatable bonds is 2. The quantitative estimate of drug-likeness (QED) is 0.319. The van der Waals surface area contributed by atoms with Crippen molar-refractivity contribution in [3.63, 3.8) is 0 Å². The number of carboxylic acids is 1. The van der Waals surface area contributed by atoms with E-state index >= 15 is 0 Å². The van der Waals surface area contributed by atoms with E-state index in [-0.39, 0.29) is 0 Å². The van der Waals surface area contributed by atoms with E-state index in [1.54, 1.807) is 0 Å². The molecule has 0 radical (unpaired) electrons. The standard InChI is InChI=1S/C3H6O2S5/c4-1(5)2(6,7)3(8,9)10/h6-10H,(H,4,5). The minimum Gasteiger partial charge on any atom is -0.480 e. The minimum absolute atomic E-state index is 1.24. The summed E-state index contributed by atoms with van der Waals surface area (Å²) in [7, 11) is 0. The molecule has 0 unspecified atom stereocenters. The largest absolute Gasteiger partial charge is 0.480 e. The van der Waals surface area contributed by atoms with Crippen molar-refractivity contribution >= 4 is 69.1 Å². The summed E-state index contributed by atoms with van der Waals surface area (Å²) in [6.45, 7) is 0. The molecule has 0 saturated carbocycles. The summed E-state index contributed by atoms with van der Waals surface area (Å²) >= 11 is 18.7. The zero-order valence-electron chi connectivity index (χ0n) is 4.59. The van der Waals surface area contributed by atoms with Crippen molar-refractivity contribution in [3.8, 4) is 0 Å². The average Bonchev–Trinajstić information content (AvgIpc) is 1.62. The average molecular weight is 234 g/mol. The number of hydrogen-bond acceptors (Lipinski definition) is 6. The SMILES string of the molecule is O=C(O)C(S)(S)C(S)(S)S. The summed E-state index contributed by atoms with van der Waals surface area (Å²) in [4.78, 5) is 10.4. The highest BCUT2D eigenvalue weighted by molar-refractivity contribution is 8.20. The van der Waals surface area contributed by atoms with Crippen LogP contribution in [0.5, 0.6) is 0 Å². The lowest BCUT2D eigenvalue weighted by Crippen LogP contribution is -2.39. The van der Waals surface area contributed by atoms with E-state index in [4.69, 9.17) is 5.11 Å². The molecule has 10 heavy (non-hydrogen) atoms. The van der Waals surface area contributed by atoms with E-state index in [2.05, 4.69) is 63.1 Å². The highest BCUT2D eigenvalue weighted by Gasteiger charge is 2.45. The van der Waals surface area contributed by atoms with Gasteiger partial charge in [-0.3, -0.25) is 0 Å². The van der Waals surface area contributed by atoms with Gasteiger partial charge in [0.05, 0.1) is 0 Å². The summed E-state index contributed by atoms with van der Waals surface area (Å²) in [6, 6.07) is 0. The van der Waals surface area contributed by atoms with Gasteiger partial charge < -0.3 is 5.11 Å². The van der Waals surface area contributed by atoms with Gasteiger partial charge in [-0.15, -0.1) is 63.1 Å². The first kappa shape index (κ1) is 11.2. The lowest BCUT2D eigenvalue weighted by molar-refractivity contribution is -0.137. The third kappa shape index (κ3) is 2.37. The van der Waals surface area contributed by atoms with Gasteiger partial charge in [-0.1, -0.05) is 0 Å². The molecule has 2 nitrogen and oxygen atoms in total. The molecule has 0 rings (SSSR count). The molecule has 0 aromatic carbocycles. The van der Waals surface area contributed by atoms with E-state index in [1.165, 1.54) is 0 Å². The first-order valence-electron chi connectivity index (χ1n) is 2.05. The molecule has 0 bridgehead atoms. The van der Waals surface area contributed by atoms with E-state index < -0.39 is 13.5 Å². The van der Waals surface area contributed by atoms with Gasteiger partial charge in [-0.2, -0.15) is 0 Å². The molecule has 0 aliphatic rings. The Morgan fingerprint density at radius 3 is 1.40 bits per heavy atom. The van der Waals surface area contributed by atoms with Gasteiger partial charge in [-0.25, -0.2) is 4.79 Å². The van der Waals surface area contributed by atoms with Crippen molar-refractivity contribution in [2.75, 3.05) is 0 Å². The van der Waals surface area contributed by atoms with E-state index in [9.17, 15) is 4.79 Å². The predicted octanol–water partition coefficient (Wildman–Crippen LogP) is 1.07. The molecule has 0 aliphatic heterocycles. The highest BCUT2D eigenvalue weighted by Crippen LogP contribution is 2.44. The van der Waals surface area contributed by atoms with Crippen molar-refractivity contribution in [1.82, 2.24) is 0 Å². The maximum Gasteiger partial charge on any atom is 0.332 e. The van der Waals surface area contributed by atoms with Gasteiger partial charge in [0.2, 0.25) is 0 Å². The number of aliphatic carboxylic acids is 1. The van der Waals surface area contributed by atoms with Crippen LogP contribution in [0.3, 0.4) is 0 Å². The molecule has 0 aromatic rings. The summed E-state index contributed by atoms with van der Waals surface area (Å²) in [6.07, 6.45) is 0. The van der Waals surface area contributed by atoms with Crippen molar-refractivity contribution in [3.05, 3.63) is 0 Å². The molecule has 0 heterocycles. The molecule has 0 spiro atoms. The Morgan fingerprint density at radius 2 is 1.40 bits per heavy atom. The fraction of sp³-hybridized carbons (Fsp3) is 0.667. The Balaban J connectivity index is 4.57. The third-order valence-electron chi connectivity index (χ3n) is 0.766. The van der Waals surface area contributed by atoms with Crippen LogP contribution in [0, 0.1) is 0 Å². The van der Waals surface area contributed by atoms with Gasteiger partial charge >= 0.3 is 5.97 Å². The maximum atomic E-state index is 10.4. The van der Waals surface area contributed by atoms with Crippen molar-refractivity contribution in [2.24, 2.45) is 0 Å². The molecule has 0 aliphatic carbocycles. The van der Waals surface area contributed by atoms with Crippen LogP contribution in [-0.4, -0.2) is 18.6 Å². The summed E-state index contributed by atoms with van der Waals surface area (Å²) in [5, 5.41) is 8.48.